The van der Waals surface area contributed by atoms with Gasteiger partial charge in [-0.2, -0.15) is 18.9 Å². The lowest BCUT2D eigenvalue weighted by Gasteiger charge is -2.08. The normalized spacial score (nSPS) is 11.4. The van der Waals surface area contributed by atoms with Gasteiger partial charge in [0, 0.05) is 0 Å². The maximum absolute atomic E-state index is 12.6. The zero-order chi connectivity index (χ0) is 17.3. The first kappa shape index (κ1) is 16.6. The van der Waals surface area contributed by atoms with Crippen LogP contribution < -0.4 is 0 Å². The second-order valence-electron chi connectivity index (χ2n) is 4.36. The van der Waals surface area contributed by atoms with Crippen molar-refractivity contribution in [1.82, 2.24) is 0 Å². The summed E-state index contributed by atoms with van der Waals surface area (Å²) in [5.74, 6) is 0. The molecule has 0 radical (unpaired) electrons. The monoisotopic (exact) mass is 348 g/mol. The first-order valence-electron chi connectivity index (χ1n) is 5.97. The lowest BCUT2D eigenvalue weighted by Crippen LogP contribution is -2.07. The van der Waals surface area contributed by atoms with Crippen molar-refractivity contribution in [1.29, 1.82) is 10.5 Å². The predicted octanol–water partition coefficient (Wildman–Crippen LogP) is 1.51. The van der Waals surface area contributed by atoms with E-state index < -0.39 is 34.6 Å². The molecule has 0 aliphatic carbocycles. The quantitative estimate of drug-likeness (QED) is 0.830. The highest BCUT2D eigenvalue weighted by Gasteiger charge is 2.24. The fourth-order valence-corrected chi connectivity index (χ4v) is 3.97. The van der Waals surface area contributed by atoms with Crippen LogP contribution >= 0.6 is 0 Å². The summed E-state index contributed by atoms with van der Waals surface area (Å²) in [6.45, 7) is 0. The van der Waals surface area contributed by atoms with Crippen molar-refractivity contribution in [2.75, 3.05) is 0 Å². The van der Waals surface area contributed by atoms with Gasteiger partial charge in [-0.15, -0.1) is 0 Å². The number of benzene rings is 2. The highest BCUT2D eigenvalue weighted by Crippen LogP contribution is 2.27. The topological polar surface area (TPSA) is 136 Å². The Kier molecular flexibility index (Phi) is 4.21. The molecule has 0 unspecified atom stereocenters. The van der Waals surface area contributed by atoms with Crippen molar-refractivity contribution in [2.24, 2.45) is 0 Å². The number of rotatable bonds is 3. The van der Waals surface area contributed by atoms with Gasteiger partial charge in [0.15, 0.2) is 0 Å². The highest BCUT2D eigenvalue weighted by molar-refractivity contribution is 7.91. The van der Waals surface area contributed by atoms with Gasteiger partial charge in [-0.25, -0.2) is 8.42 Å². The van der Waals surface area contributed by atoms with E-state index in [1.807, 2.05) is 0 Å². The Morgan fingerprint density at radius 3 is 2.04 bits per heavy atom. The van der Waals surface area contributed by atoms with E-state index in [1.54, 1.807) is 12.1 Å². The average Bonchev–Trinajstić information content (AvgIpc) is 2.53. The molecule has 9 heteroatoms. The largest absolute Gasteiger partial charge is 0.294 e. The molecule has 2 aromatic carbocycles. The summed E-state index contributed by atoms with van der Waals surface area (Å²) in [5.41, 5.74) is -0.438. The Hall–Kier alpha value is -2.72. The minimum atomic E-state index is -4.58. The molecule has 0 aromatic heterocycles. The molecule has 0 aliphatic rings. The molecular weight excluding hydrogens is 340 g/mol. The zero-order valence-corrected chi connectivity index (χ0v) is 13.0. The molecule has 0 heterocycles. The van der Waals surface area contributed by atoms with Gasteiger partial charge in [0.25, 0.3) is 10.1 Å². The Morgan fingerprint density at radius 1 is 0.870 bits per heavy atom. The van der Waals surface area contributed by atoms with E-state index in [9.17, 15) is 16.8 Å². The van der Waals surface area contributed by atoms with Gasteiger partial charge in [-0.1, -0.05) is 12.1 Å². The van der Waals surface area contributed by atoms with Crippen LogP contribution in [0.2, 0.25) is 0 Å². The molecule has 0 saturated heterocycles. The van der Waals surface area contributed by atoms with Crippen molar-refractivity contribution in [3.8, 4) is 12.1 Å². The molecule has 0 saturated carbocycles. The number of sulfone groups is 1. The van der Waals surface area contributed by atoms with Crippen molar-refractivity contribution in [2.45, 2.75) is 14.7 Å². The van der Waals surface area contributed by atoms with E-state index >= 15 is 0 Å². The summed E-state index contributed by atoms with van der Waals surface area (Å²) in [7, 11) is -8.82. The number of hydrogen-bond donors (Lipinski definition) is 1. The van der Waals surface area contributed by atoms with E-state index in [0.717, 1.165) is 30.3 Å². The van der Waals surface area contributed by atoms with Crippen LogP contribution in [0.15, 0.2) is 57.2 Å². The summed E-state index contributed by atoms with van der Waals surface area (Å²) >= 11 is 0. The minimum absolute atomic E-state index is 0.112. The van der Waals surface area contributed by atoms with Crippen molar-refractivity contribution in [3.05, 3.63) is 53.6 Å². The minimum Gasteiger partial charge on any atom is -0.282 e. The van der Waals surface area contributed by atoms with Crippen LogP contribution in [0.3, 0.4) is 0 Å². The van der Waals surface area contributed by atoms with E-state index in [-0.39, 0.29) is 11.1 Å². The van der Waals surface area contributed by atoms with E-state index in [0.29, 0.717) is 0 Å². The van der Waals surface area contributed by atoms with E-state index in [4.69, 9.17) is 15.1 Å². The molecule has 0 spiro atoms. The average molecular weight is 348 g/mol. The molecule has 116 valence electrons. The molecule has 0 amide bonds. The summed E-state index contributed by atoms with van der Waals surface area (Å²) < 4.78 is 56.5. The Bertz CT molecular complexity index is 1070. The third kappa shape index (κ3) is 3.07. The maximum Gasteiger partial charge on any atom is 0.294 e. The van der Waals surface area contributed by atoms with Gasteiger partial charge in [-0.3, -0.25) is 4.55 Å². The smallest absolute Gasteiger partial charge is 0.282 e. The van der Waals surface area contributed by atoms with Gasteiger partial charge in [-0.05, 0) is 30.3 Å². The van der Waals surface area contributed by atoms with Crippen LogP contribution in [-0.4, -0.2) is 21.4 Å². The number of nitriles is 2. The Labute approximate surface area is 132 Å². The molecule has 0 bridgehead atoms. The van der Waals surface area contributed by atoms with Gasteiger partial charge in [0.1, 0.15) is 12.1 Å². The molecule has 1 N–H and O–H groups in total. The van der Waals surface area contributed by atoms with Crippen molar-refractivity contribution < 1.29 is 21.4 Å². The number of nitrogens with zero attached hydrogens (tertiary/aromatic N) is 2. The Morgan fingerprint density at radius 2 is 1.48 bits per heavy atom. The van der Waals surface area contributed by atoms with Crippen LogP contribution in [0.1, 0.15) is 11.1 Å². The SMILES string of the molecule is N#Cc1cccc(S(=O)(=O)c2cccc(S(=O)(=O)O)c2)c1C#N. The highest BCUT2D eigenvalue weighted by atomic mass is 32.2. The molecular formula is C14H8N2O5S2. The van der Waals surface area contributed by atoms with Crippen LogP contribution in [0.25, 0.3) is 0 Å². The molecule has 0 fully saturated rings. The van der Waals surface area contributed by atoms with Crippen molar-refractivity contribution in [3.63, 3.8) is 0 Å². The standard InChI is InChI=1S/C14H8N2O5S2/c15-8-10-3-1-6-14(13(10)9-16)22(17,18)11-4-2-5-12(7-11)23(19,20)21/h1-7H,(H,19,20,21). The van der Waals surface area contributed by atoms with Crippen molar-refractivity contribution >= 4 is 20.0 Å². The molecule has 0 atom stereocenters. The fourth-order valence-electron chi connectivity index (χ4n) is 1.89. The van der Waals surface area contributed by atoms with Crippen LogP contribution in [0.4, 0.5) is 0 Å². The third-order valence-electron chi connectivity index (χ3n) is 2.96. The summed E-state index contributed by atoms with van der Waals surface area (Å²) in [5, 5.41) is 18.1. The zero-order valence-electron chi connectivity index (χ0n) is 11.3. The molecule has 7 nitrogen and oxygen atoms in total. The second kappa shape index (κ2) is 5.82. The maximum atomic E-state index is 12.6. The van der Waals surface area contributed by atoms with Gasteiger partial charge < -0.3 is 0 Å². The Balaban J connectivity index is 2.76. The predicted molar refractivity (Wildman–Crippen MR) is 77.6 cm³/mol. The van der Waals surface area contributed by atoms with Gasteiger partial charge in [0.2, 0.25) is 9.84 Å². The lowest BCUT2D eigenvalue weighted by atomic mass is 10.1. The van der Waals surface area contributed by atoms with E-state index in [1.165, 1.54) is 12.1 Å². The first-order valence-corrected chi connectivity index (χ1v) is 8.90. The van der Waals surface area contributed by atoms with Gasteiger partial charge in [0.05, 0.1) is 25.8 Å². The second-order valence-corrected chi connectivity index (χ2v) is 7.70. The number of hydrogen-bond acceptors (Lipinski definition) is 6. The summed E-state index contributed by atoms with van der Waals surface area (Å²) in [6, 6.07) is 11.2. The van der Waals surface area contributed by atoms with Gasteiger partial charge >= 0.3 is 0 Å². The molecule has 2 rings (SSSR count). The molecule has 23 heavy (non-hydrogen) atoms. The van der Waals surface area contributed by atoms with E-state index in [2.05, 4.69) is 0 Å². The van der Waals surface area contributed by atoms with Crippen LogP contribution in [0, 0.1) is 22.7 Å². The summed E-state index contributed by atoms with van der Waals surface area (Å²) in [4.78, 5) is -1.42. The van der Waals surface area contributed by atoms with Crippen LogP contribution in [-0.2, 0) is 20.0 Å². The third-order valence-corrected chi connectivity index (χ3v) is 5.61. The molecule has 0 aliphatic heterocycles. The lowest BCUT2D eigenvalue weighted by molar-refractivity contribution is 0.483. The first-order chi connectivity index (χ1) is 10.7. The molecule has 2 aromatic rings. The van der Waals surface area contributed by atoms with Crippen LogP contribution in [0.5, 0.6) is 0 Å². The fraction of sp³-hybridized carbons (Fsp3) is 0. The summed E-state index contributed by atoms with van der Waals surface area (Å²) in [6.07, 6.45) is 0.